The molecule has 0 unspecified atom stereocenters. The number of rotatable bonds is 3. The van der Waals surface area contributed by atoms with Crippen molar-refractivity contribution in [3.63, 3.8) is 0 Å². The Balaban J connectivity index is 2.13. The Morgan fingerprint density at radius 3 is 2.42 bits per heavy atom. The summed E-state index contributed by atoms with van der Waals surface area (Å²) >= 11 is 0. The predicted octanol–water partition coefficient (Wildman–Crippen LogP) is 2.55. The number of carbonyl (C=O) groups is 1. The van der Waals surface area contributed by atoms with Crippen molar-refractivity contribution in [2.45, 2.75) is 0 Å². The van der Waals surface area contributed by atoms with Gasteiger partial charge in [0.15, 0.2) is 0 Å². The van der Waals surface area contributed by atoms with Crippen LogP contribution < -0.4 is 5.32 Å². The summed E-state index contributed by atoms with van der Waals surface area (Å²) in [5, 5.41) is 22.3. The van der Waals surface area contributed by atoms with Gasteiger partial charge in [-0.2, -0.15) is 0 Å². The minimum atomic E-state index is -0.513. The zero-order valence-corrected chi connectivity index (χ0v) is 9.74. The molecule has 2 aromatic rings. The summed E-state index contributed by atoms with van der Waals surface area (Å²) in [6, 6.07) is 11.4. The Hall–Kier alpha value is -2.89. The molecule has 0 aliphatic rings. The fourth-order valence-electron chi connectivity index (χ4n) is 1.52. The van der Waals surface area contributed by atoms with Gasteiger partial charge in [-0.05, 0) is 30.3 Å². The highest BCUT2D eigenvalue weighted by Crippen LogP contribution is 2.17. The summed E-state index contributed by atoms with van der Waals surface area (Å²) in [4.78, 5) is 21.8. The molecule has 0 saturated carbocycles. The van der Waals surface area contributed by atoms with E-state index in [1.807, 2.05) is 0 Å². The lowest BCUT2D eigenvalue weighted by Gasteiger charge is -2.05. The molecule has 96 valence electrons. The first-order valence-corrected chi connectivity index (χ1v) is 5.41. The second kappa shape index (κ2) is 5.18. The summed E-state index contributed by atoms with van der Waals surface area (Å²) in [7, 11) is 0. The molecule has 0 saturated heterocycles. The third kappa shape index (κ3) is 3.06. The van der Waals surface area contributed by atoms with Crippen molar-refractivity contribution in [1.29, 1.82) is 0 Å². The fourth-order valence-corrected chi connectivity index (χ4v) is 1.52. The minimum absolute atomic E-state index is 0.00338. The van der Waals surface area contributed by atoms with Gasteiger partial charge in [-0.25, -0.2) is 0 Å². The van der Waals surface area contributed by atoms with Gasteiger partial charge >= 0.3 is 0 Å². The van der Waals surface area contributed by atoms with Crippen molar-refractivity contribution >= 4 is 17.3 Å². The zero-order chi connectivity index (χ0) is 13.8. The van der Waals surface area contributed by atoms with Crippen LogP contribution in [0, 0.1) is 10.1 Å². The number of hydrogen-bond donors (Lipinski definition) is 2. The van der Waals surface area contributed by atoms with Crippen molar-refractivity contribution in [3.8, 4) is 5.75 Å². The molecule has 0 atom stereocenters. The molecule has 0 aromatic heterocycles. The molecule has 1 amide bonds. The number of amides is 1. The third-order valence-electron chi connectivity index (χ3n) is 2.44. The van der Waals surface area contributed by atoms with Crippen LogP contribution in [0.25, 0.3) is 0 Å². The molecule has 0 spiro atoms. The van der Waals surface area contributed by atoms with Gasteiger partial charge in [0.05, 0.1) is 4.92 Å². The summed E-state index contributed by atoms with van der Waals surface area (Å²) in [6.45, 7) is 0. The Labute approximate surface area is 108 Å². The van der Waals surface area contributed by atoms with Gasteiger partial charge in [-0.1, -0.05) is 6.07 Å². The van der Waals surface area contributed by atoms with Crippen LogP contribution in [-0.2, 0) is 0 Å². The van der Waals surface area contributed by atoms with Crippen LogP contribution in [0.2, 0.25) is 0 Å². The highest BCUT2D eigenvalue weighted by atomic mass is 16.6. The normalized spacial score (nSPS) is 9.89. The van der Waals surface area contributed by atoms with E-state index in [0.29, 0.717) is 11.3 Å². The van der Waals surface area contributed by atoms with Crippen molar-refractivity contribution in [3.05, 3.63) is 64.2 Å². The lowest BCUT2D eigenvalue weighted by atomic mass is 10.2. The topological polar surface area (TPSA) is 92.5 Å². The van der Waals surface area contributed by atoms with Crippen LogP contribution in [0.15, 0.2) is 48.5 Å². The first-order valence-electron chi connectivity index (χ1n) is 5.41. The van der Waals surface area contributed by atoms with Crippen LogP contribution in [0.4, 0.5) is 11.4 Å². The average molecular weight is 258 g/mol. The quantitative estimate of drug-likeness (QED) is 0.653. The number of nitro benzene ring substituents is 1. The number of aromatic hydroxyl groups is 1. The molecular formula is C13H10N2O4. The fraction of sp³-hybridized carbons (Fsp3) is 0. The Bertz CT molecular complexity index is 623. The van der Waals surface area contributed by atoms with Crippen LogP contribution in [0.1, 0.15) is 10.4 Å². The molecule has 0 bridgehead atoms. The minimum Gasteiger partial charge on any atom is -0.508 e. The monoisotopic (exact) mass is 258 g/mol. The number of phenols is 1. The first kappa shape index (κ1) is 12.6. The van der Waals surface area contributed by atoms with E-state index >= 15 is 0 Å². The lowest BCUT2D eigenvalue weighted by molar-refractivity contribution is -0.384. The highest BCUT2D eigenvalue weighted by molar-refractivity contribution is 6.04. The molecule has 0 aliphatic carbocycles. The van der Waals surface area contributed by atoms with Gasteiger partial charge < -0.3 is 10.4 Å². The number of carbonyl (C=O) groups excluding carboxylic acids is 1. The highest BCUT2D eigenvalue weighted by Gasteiger charge is 2.08. The maximum Gasteiger partial charge on any atom is 0.269 e. The number of nitrogens with one attached hydrogen (secondary N) is 1. The van der Waals surface area contributed by atoms with E-state index in [1.165, 1.54) is 36.4 Å². The molecule has 0 heterocycles. The van der Waals surface area contributed by atoms with E-state index in [9.17, 15) is 20.0 Å². The predicted molar refractivity (Wildman–Crippen MR) is 69.2 cm³/mol. The number of nitrogens with zero attached hydrogens (tertiary/aromatic N) is 1. The summed E-state index contributed by atoms with van der Waals surface area (Å²) in [6.07, 6.45) is 0. The Kier molecular flexibility index (Phi) is 3.42. The Morgan fingerprint density at radius 2 is 1.84 bits per heavy atom. The molecule has 2 rings (SSSR count). The molecule has 2 aromatic carbocycles. The zero-order valence-electron chi connectivity index (χ0n) is 9.74. The standard InChI is InChI=1S/C13H10N2O4/c16-12-3-1-2-9(8-12)13(17)14-10-4-6-11(7-5-10)15(18)19/h1-8,16H,(H,14,17). The largest absolute Gasteiger partial charge is 0.508 e. The summed E-state index contributed by atoms with van der Waals surface area (Å²) in [5.41, 5.74) is 0.702. The van der Waals surface area contributed by atoms with E-state index in [0.717, 1.165) is 0 Å². The number of phenolic OH excluding ortho intramolecular Hbond substituents is 1. The molecule has 0 radical (unpaired) electrons. The maximum atomic E-state index is 11.8. The lowest BCUT2D eigenvalue weighted by Crippen LogP contribution is -2.11. The van der Waals surface area contributed by atoms with Crippen LogP contribution in [0.5, 0.6) is 5.75 Å². The molecule has 19 heavy (non-hydrogen) atoms. The first-order chi connectivity index (χ1) is 9.06. The summed E-state index contributed by atoms with van der Waals surface area (Å²) in [5.74, 6) is -0.402. The SMILES string of the molecule is O=C(Nc1ccc([N+](=O)[O-])cc1)c1cccc(O)c1. The van der Waals surface area contributed by atoms with E-state index < -0.39 is 10.8 Å². The average Bonchev–Trinajstić information content (AvgIpc) is 2.39. The number of hydrogen-bond acceptors (Lipinski definition) is 4. The van der Waals surface area contributed by atoms with Crippen LogP contribution in [-0.4, -0.2) is 15.9 Å². The van der Waals surface area contributed by atoms with Crippen LogP contribution >= 0.6 is 0 Å². The van der Waals surface area contributed by atoms with E-state index in [2.05, 4.69) is 5.32 Å². The Morgan fingerprint density at radius 1 is 1.16 bits per heavy atom. The molecular weight excluding hydrogens is 248 g/mol. The maximum absolute atomic E-state index is 11.8. The number of benzene rings is 2. The second-order valence-corrected chi connectivity index (χ2v) is 3.81. The summed E-state index contributed by atoms with van der Waals surface area (Å²) < 4.78 is 0. The van der Waals surface area contributed by atoms with E-state index in [4.69, 9.17) is 0 Å². The molecule has 2 N–H and O–H groups in total. The van der Waals surface area contributed by atoms with E-state index in [-0.39, 0.29) is 11.4 Å². The molecule has 0 aliphatic heterocycles. The van der Waals surface area contributed by atoms with Crippen molar-refractivity contribution in [1.82, 2.24) is 0 Å². The van der Waals surface area contributed by atoms with Crippen molar-refractivity contribution < 1.29 is 14.8 Å². The van der Waals surface area contributed by atoms with Gasteiger partial charge in [-0.3, -0.25) is 14.9 Å². The second-order valence-electron chi connectivity index (χ2n) is 3.81. The number of anilines is 1. The van der Waals surface area contributed by atoms with E-state index in [1.54, 1.807) is 12.1 Å². The van der Waals surface area contributed by atoms with Crippen molar-refractivity contribution in [2.75, 3.05) is 5.32 Å². The molecule has 6 heteroatoms. The third-order valence-corrected chi connectivity index (χ3v) is 2.44. The van der Waals surface area contributed by atoms with Crippen molar-refractivity contribution in [2.24, 2.45) is 0 Å². The number of nitro groups is 1. The van der Waals surface area contributed by atoms with Gasteiger partial charge in [0.1, 0.15) is 5.75 Å². The van der Waals surface area contributed by atoms with Gasteiger partial charge in [0, 0.05) is 23.4 Å². The van der Waals surface area contributed by atoms with Crippen LogP contribution in [0.3, 0.4) is 0 Å². The number of non-ortho nitro benzene ring substituents is 1. The smallest absolute Gasteiger partial charge is 0.269 e. The van der Waals surface area contributed by atoms with Gasteiger partial charge in [-0.15, -0.1) is 0 Å². The molecule has 0 fully saturated rings. The molecule has 6 nitrogen and oxygen atoms in total. The van der Waals surface area contributed by atoms with Gasteiger partial charge in [0.25, 0.3) is 11.6 Å². The van der Waals surface area contributed by atoms with Gasteiger partial charge in [0.2, 0.25) is 0 Å².